The quantitative estimate of drug-likeness (QED) is 0.588. The lowest BCUT2D eigenvalue weighted by Gasteiger charge is -2.15. The molecule has 0 aliphatic carbocycles. The van der Waals surface area contributed by atoms with Crippen molar-refractivity contribution >= 4 is 9.84 Å². The van der Waals surface area contributed by atoms with Crippen LogP contribution in [0.25, 0.3) is 0 Å². The zero-order valence-corrected chi connectivity index (χ0v) is 13.5. The Balaban J connectivity index is 2.01. The van der Waals surface area contributed by atoms with Gasteiger partial charge in [0.1, 0.15) is 0 Å². The first-order valence-corrected chi connectivity index (χ1v) is 9.31. The lowest BCUT2D eigenvalue weighted by molar-refractivity contribution is 0.0349. The van der Waals surface area contributed by atoms with Crippen molar-refractivity contribution in [2.75, 3.05) is 32.1 Å². The molecule has 2 unspecified atom stereocenters. The molecule has 1 saturated heterocycles. The van der Waals surface area contributed by atoms with Crippen LogP contribution in [0.1, 0.15) is 39.5 Å². The highest BCUT2D eigenvalue weighted by atomic mass is 32.2. The number of sulfone groups is 1. The first kappa shape index (κ1) is 17.9. The van der Waals surface area contributed by atoms with Crippen molar-refractivity contribution in [1.82, 2.24) is 5.32 Å². The summed E-state index contributed by atoms with van der Waals surface area (Å²) in [6, 6.07) is 0. The van der Waals surface area contributed by atoms with E-state index in [0.717, 1.165) is 25.7 Å². The summed E-state index contributed by atoms with van der Waals surface area (Å²) >= 11 is 0. The number of aliphatic hydroxyl groups is 1. The van der Waals surface area contributed by atoms with Crippen LogP contribution in [0, 0.1) is 5.92 Å². The highest BCUT2D eigenvalue weighted by Crippen LogP contribution is 2.18. The molecule has 0 aromatic carbocycles. The lowest BCUT2D eigenvalue weighted by Crippen LogP contribution is -2.37. The summed E-state index contributed by atoms with van der Waals surface area (Å²) in [7, 11) is -2.89. The van der Waals surface area contributed by atoms with Gasteiger partial charge in [-0.25, -0.2) is 8.42 Å². The van der Waals surface area contributed by atoms with Gasteiger partial charge >= 0.3 is 0 Å². The van der Waals surface area contributed by atoms with Crippen LogP contribution in [0.15, 0.2) is 0 Å². The topological polar surface area (TPSA) is 75.6 Å². The van der Waals surface area contributed by atoms with Gasteiger partial charge < -0.3 is 15.2 Å². The molecule has 1 rings (SSSR count). The lowest BCUT2D eigenvalue weighted by atomic mass is 10.1. The second kappa shape index (κ2) is 8.97. The molecule has 0 aromatic rings. The summed E-state index contributed by atoms with van der Waals surface area (Å²) in [4.78, 5) is 0. The van der Waals surface area contributed by atoms with Crippen molar-refractivity contribution in [3.05, 3.63) is 0 Å². The molecule has 5 nitrogen and oxygen atoms in total. The Labute approximate surface area is 123 Å². The summed E-state index contributed by atoms with van der Waals surface area (Å²) < 4.78 is 28.6. The number of hydrogen-bond donors (Lipinski definition) is 2. The van der Waals surface area contributed by atoms with Crippen molar-refractivity contribution in [3.8, 4) is 0 Å². The first-order chi connectivity index (χ1) is 9.42. The maximum Gasteiger partial charge on any atom is 0.154 e. The molecular weight excluding hydrogens is 278 g/mol. The Hall–Kier alpha value is -0.170. The van der Waals surface area contributed by atoms with Crippen molar-refractivity contribution < 1.29 is 18.3 Å². The number of ether oxygens (including phenoxy) is 1. The fourth-order valence-electron chi connectivity index (χ4n) is 2.37. The molecule has 2 atom stereocenters. The Morgan fingerprint density at radius 1 is 1.40 bits per heavy atom. The largest absolute Gasteiger partial charge is 0.389 e. The molecule has 0 saturated carbocycles. The molecule has 120 valence electrons. The van der Waals surface area contributed by atoms with Gasteiger partial charge in [0.05, 0.1) is 23.7 Å². The number of aliphatic hydroxyl groups excluding tert-OH is 1. The van der Waals surface area contributed by atoms with Crippen molar-refractivity contribution in [1.29, 1.82) is 0 Å². The van der Waals surface area contributed by atoms with Crippen LogP contribution in [0.3, 0.4) is 0 Å². The summed E-state index contributed by atoms with van der Waals surface area (Å²) in [5, 5.41) is 12.5. The van der Waals surface area contributed by atoms with Gasteiger partial charge in [-0.15, -0.1) is 0 Å². The molecule has 20 heavy (non-hydrogen) atoms. The van der Waals surface area contributed by atoms with E-state index in [0.29, 0.717) is 38.0 Å². The molecule has 0 bridgehead atoms. The average molecular weight is 307 g/mol. The number of nitrogens with one attached hydrogen (secondary N) is 1. The summed E-state index contributed by atoms with van der Waals surface area (Å²) in [5.41, 5.74) is 0. The van der Waals surface area contributed by atoms with Gasteiger partial charge in [-0.3, -0.25) is 0 Å². The van der Waals surface area contributed by atoms with E-state index in [4.69, 9.17) is 4.74 Å². The molecule has 0 spiro atoms. The third-order valence-corrected chi connectivity index (χ3v) is 5.87. The van der Waals surface area contributed by atoms with Crippen LogP contribution in [0.2, 0.25) is 0 Å². The van der Waals surface area contributed by atoms with Crippen LogP contribution >= 0.6 is 0 Å². The van der Waals surface area contributed by atoms with E-state index < -0.39 is 15.9 Å². The molecule has 0 amide bonds. The maximum atomic E-state index is 11.6. The Bertz CT molecular complexity index is 356. The second-order valence-corrected chi connectivity index (χ2v) is 8.45. The monoisotopic (exact) mass is 307 g/mol. The van der Waals surface area contributed by atoms with Crippen molar-refractivity contribution in [2.45, 2.75) is 50.9 Å². The van der Waals surface area contributed by atoms with Crippen LogP contribution in [-0.4, -0.2) is 56.9 Å². The Kier molecular flexibility index (Phi) is 8.02. The molecule has 1 aliphatic rings. The Morgan fingerprint density at radius 2 is 2.15 bits per heavy atom. The number of rotatable bonds is 10. The zero-order chi connectivity index (χ0) is 15.0. The summed E-state index contributed by atoms with van der Waals surface area (Å²) in [6.45, 7) is 6.16. The van der Waals surface area contributed by atoms with Gasteiger partial charge in [0, 0.05) is 19.7 Å². The third-order valence-electron chi connectivity index (χ3n) is 3.60. The second-order valence-electron chi connectivity index (χ2n) is 6.05. The highest BCUT2D eigenvalue weighted by Gasteiger charge is 2.30. The summed E-state index contributed by atoms with van der Waals surface area (Å²) in [5.74, 6) is 0.986. The van der Waals surface area contributed by atoms with Crippen LogP contribution < -0.4 is 5.32 Å². The van der Waals surface area contributed by atoms with Gasteiger partial charge in [0.15, 0.2) is 9.84 Å². The molecular formula is C14H29NO4S. The van der Waals surface area contributed by atoms with Crippen LogP contribution in [0.5, 0.6) is 0 Å². The van der Waals surface area contributed by atoms with E-state index in [2.05, 4.69) is 19.2 Å². The van der Waals surface area contributed by atoms with E-state index in [-0.39, 0.29) is 5.25 Å². The van der Waals surface area contributed by atoms with Gasteiger partial charge in [-0.2, -0.15) is 0 Å². The normalized spacial score (nSPS) is 23.3. The molecule has 6 heteroatoms. The molecule has 2 N–H and O–H groups in total. The predicted octanol–water partition coefficient (Wildman–Crippen LogP) is 0.967. The van der Waals surface area contributed by atoms with Gasteiger partial charge in [0.2, 0.25) is 0 Å². The predicted molar refractivity (Wildman–Crippen MR) is 80.6 cm³/mol. The SMILES string of the molecule is CC(C)CCCOCC(O)CNCC1CCCS1(=O)=O. The molecule has 1 fully saturated rings. The zero-order valence-electron chi connectivity index (χ0n) is 12.7. The molecule has 0 radical (unpaired) electrons. The minimum absolute atomic E-state index is 0.276. The third kappa shape index (κ3) is 7.02. The van der Waals surface area contributed by atoms with E-state index in [1.165, 1.54) is 0 Å². The van der Waals surface area contributed by atoms with Crippen molar-refractivity contribution in [2.24, 2.45) is 5.92 Å². The van der Waals surface area contributed by atoms with Crippen molar-refractivity contribution in [3.63, 3.8) is 0 Å². The van der Waals surface area contributed by atoms with Gasteiger partial charge in [-0.1, -0.05) is 13.8 Å². The van der Waals surface area contributed by atoms with Crippen LogP contribution in [-0.2, 0) is 14.6 Å². The van der Waals surface area contributed by atoms with E-state index in [1.54, 1.807) is 0 Å². The fourth-order valence-corrected chi connectivity index (χ4v) is 4.17. The van der Waals surface area contributed by atoms with Gasteiger partial charge in [-0.05, 0) is 31.6 Å². The Morgan fingerprint density at radius 3 is 2.75 bits per heavy atom. The fraction of sp³-hybridized carbons (Fsp3) is 1.00. The first-order valence-electron chi connectivity index (χ1n) is 7.60. The average Bonchev–Trinajstić information content (AvgIpc) is 2.68. The molecule has 1 heterocycles. The van der Waals surface area contributed by atoms with E-state index in [1.807, 2.05) is 0 Å². The maximum absolute atomic E-state index is 11.6. The highest BCUT2D eigenvalue weighted by molar-refractivity contribution is 7.92. The standard InChI is InChI=1S/C14H29NO4S/c1-12(2)5-3-7-19-11-13(16)9-15-10-14-6-4-8-20(14,17)18/h12-16H,3-11H2,1-2H3. The molecule has 0 aromatic heterocycles. The van der Waals surface area contributed by atoms with Crippen LogP contribution in [0.4, 0.5) is 0 Å². The van der Waals surface area contributed by atoms with E-state index >= 15 is 0 Å². The minimum Gasteiger partial charge on any atom is -0.389 e. The molecule has 1 aliphatic heterocycles. The van der Waals surface area contributed by atoms with Gasteiger partial charge in [0.25, 0.3) is 0 Å². The minimum atomic E-state index is -2.89. The smallest absolute Gasteiger partial charge is 0.154 e. The number of hydrogen-bond acceptors (Lipinski definition) is 5. The van der Waals surface area contributed by atoms with E-state index in [9.17, 15) is 13.5 Å². The summed E-state index contributed by atoms with van der Waals surface area (Å²) in [6.07, 6.45) is 3.07.